The lowest BCUT2D eigenvalue weighted by molar-refractivity contribution is 0.624. The molecule has 0 bridgehead atoms. The minimum absolute atomic E-state index is 0.244. The molecule has 0 aliphatic rings. The molecule has 0 fully saturated rings. The SMILES string of the molecule is CN=C(NCc1ccc(-n2ccnc2C)nc1)NCc1cccc(F)c1. The van der Waals surface area contributed by atoms with Crippen LogP contribution in [-0.2, 0) is 13.1 Å². The van der Waals surface area contributed by atoms with Crippen molar-refractivity contribution in [2.24, 2.45) is 4.99 Å². The Morgan fingerprint density at radius 1 is 1.12 bits per heavy atom. The van der Waals surface area contributed by atoms with Gasteiger partial charge in [0.1, 0.15) is 17.5 Å². The predicted molar refractivity (Wildman–Crippen MR) is 99.5 cm³/mol. The molecule has 0 saturated heterocycles. The first-order chi connectivity index (χ1) is 12.7. The van der Waals surface area contributed by atoms with Crippen molar-refractivity contribution in [3.63, 3.8) is 0 Å². The summed E-state index contributed by atoms with van der Waals surface area (Å²) < 4.78 is 15.1. The van der Waals surface area contributed by atoms with E-state index in [0.717, 1.165) is 22.8 Å². The number of halogens is 1. The number of guanidine groups is 1. The Balaban J connectivity index is 1.54. The number of pyridine rings is 1. The number of aromatic nitrogens is 3. The third kappa shape index (κ3) is 4.44. The monoisotopic (exact) mass is 352 g/mol. The standard InChI is InChI=1S/C19H21FN6/c1-14-22-8-9-26(14)18-7-6-16(12-23-18)13-25-19(21-2)24-11-15-4-3-5-17(20)10-15/h3-10,12H,11,13H2,1-2H3,(H2,21,24,25). The number of nitrogens with zero attached hydrogens (tertiary/aromatic N) is 4. The first-order valence-electron chi connectivity index (χ1n) is 8.30. The number of aliphatic imine (C=N–C) groups is 1. The molecule has 0 radical (unpaired) electrons. The van der Waals surface area contributed by atoms with Gasteiger partial charge < -0.3 is 10.6 Å². The lowest BCUT2D eigenvalue weighted by Crippen LogP contribution is -2.36. The number of hydrogen-bond acceptors (Lipinski definition) is 3. The molecule has 0 aliphatic carbocycles. The lowest BCUT2D eigenvalue weighted by Gasteiger charge is -2.12. The molecule has 3 aromatic rings. The van der Waals surface area contributed by atoms with Gasteiger partial charge in [-0.05, 0) is 36.2 Å². The van der Waals surface area contributed by atoms with Gasteiger partial charge in [-0.15, -0.1) is 0 Å². The van der Waals surface area contributed by atoms with Crippen LogP contribution in [0.2, 0.25) is 0 Å². The van der Waals surface area contributed by atoms with E-state index in [4.69, 9.17) is 0 Å². The molecule has 0 atom stereocenters. The van der Waals surface area contributed by atoms with E-state index >= 15 is 0 Å². The normalized spacial score (nSPS) is 11.4. The first-order valence-corrected chi connectivity index (χ1v) is 8.30. The highest BCUT2D eigenvalue weighted by Crippen LogP contribution is 2.08. The van der Waals surface area contributed by atoms with Crippen LogP contribution < -0.4 is 10.6 Å². The zero-order valence-electron chi connectivity index (χ0n) is 14.8. The number of hydrogen-bond donors (Lipinski definition) is 2. The van der Waals surface area contributed by atoms with Gasteiger partial charge >= 0.3 is 0 Å². The molecule has 3 rings (SSSR count). The van der Waals surface area contributed by atoms with Crippen LogP contribution in [0.1, 0.15) is 17.0 Å². The van der Waals surface area contributed by atoms with E-state index in [1.165, 1.54) is 12.1 Å². The average Bonchev–Trinajstić information content (AvgIpc) is 3.08. The molecule has 0 amide bonds. The number of imidazole rings is 1. The smallest absolute Gasteiger partial charge is 0.191 e. The van der Waals surface area contributed by atoms with E-state index in [2.05, 4.69) is 25.6 Å². The minimum Gasteiger partial charge on any atom is -0.352 e. The summed E-state index contributed by atoms with van der Waals surface area (Å²) in [4.78, 5) is 12.8. The van der Waals surface area contributed by atoms with Crippen molar-refractivity contribution in [1.29, 1.82) is 0 Å². The van der Waals surface area contributed by atoms with Crippen LogP contribution in [0.5, 0.6) is 0 Å². The van der Waals surface area contributed by atoms with Crippen molar-refractivity contribution >= 4 is 5.96 Å². The van der Waals surface area contributed by atoms with Crippen molar-refractivity contribution in [3.8, 4) is 5.82 Å². The Kier molecular flexibility index (Phi) is 5.58. The van der Waals surface area contributed by atoms with Gasteiger partial charge in [-0.2, -0.15) is 0 Å². The zero-order chi connectivity index (χ0) is 18.4. The van der Waals surface area contributed by atoms with Crippen molar-refractivity contribution in [2.75, 3.05) is 7.05 Å². The van der Waals surface area contributed by atoms with Crippen molar-refractivity contribution in [2.45, 2.75) is 20.0 Å². The molecule has 2 heterocycles. The summed E-state index contributed by atoms with van der Waals surface area (Å²) in [6.07, 6.45) is 5.45. The highest BCUT2D eigenvalue weighted by Gasteiger charge is 2.03. The molecule has 0 spiro atoms. The molecule has 26 heavy (non-hydrogen) atoms. The van der Waals surface area contributed by atoms with Crippen LogP contribution >= 0.6 is 0 Å². The molecular formula is C19H21FN6. The Labute approximate surface area is 151 Å². The molecule has 2 aromatic heterocycles. The summed E-state index contributed by atoms with van der Waals surface area (Å²) in [5, 5.41) is 6.39. The molecule has 2 N–H and O–H groups in total. The zero-order valence-corrected chi connectivity index (χ0v) is 14.8. The number of rotatable bonds is 5. The highest BCUT2D eigenvalue weighted by molar-refractivity contribution is 5.79. The molecule has 134 valence electrons. The van der Waals surface area contributed by atoms with Crippen molar-refractivity contribution in [3.05, 3.63) is 77.8 Å². The fourth-order valence-electron chi connectivity index (χ4n) is 2.52. The molecule has 7 heteroatoms. The number of nitrogens with one attached hydrogen (secondary N) is 2. The predicted octanol–water partition coefficient (Wildman–Crippen LogP) is 2.58. The van der Waals surface area contributed by atoms with Crippen molar-refractivity contribution in [1.82, 2.24) is 25.2 Å². The molecule has 0 aliphatic heterocycles. The Bertz CT molecular complexity index is 885. The second-order valence-corrected chi connectivity index (χ2v) is 5.78. The van der Waals surface area contributed by atoms with Crippen LogP contribution in [0.15, 0.2) is 60.0 Å². The number of benzene rings is 1. The largest absolute Gasteiger partial charge is 0.352 e. The molecular weight excluding hydrogens is 331 g/mol. The maximum absolute atomic E-state index is 13.2. The summed E-state index contributed by atoms with van der Waals surface area (Å²) in [5.41, 5.74) is 1.88. The maximum Gasteiger partial charge on any atom is 0.191 e. The molecule has 0 unspecified atom stereocenters. The van der Waals surface area contributed by atoms with E-state index in [1.807, 2.05) is 42.1 Å². The van der Waals surface area contributed by atoms with E-state index in [0.29, 0.717) is 19.0 Å². The molecule has 6 nitrogen and oxygen atoms in total. The van der Waals surface area contributed by atoms with E-state index in [-0.39, 0.29) is 5.82 Å². The van der Waals surface area contributed by atoms with Gasteiger partial charge in [0.15, 0.2) is 5.96 Å². The van der Waals surface area contributed by atoms with Gasteiger partial charge in [0.05, 0.1) is 0 Å². The summed E-state index contributed by atoms with van der Waals surface area (Å²) in [5.74, 6) is 2.12. The quantitative estimate of drug-likeness (QED) is 0.547. The lowest BCUT2D eigenvalue weighted by atomic mass is 10.2. The number of aryl methyl sites for hydroxylation is 1. The fourth-order valence-corrected chi connectivity index (χ4v) is 2.52. The Hall–Kier alpha value is -3.22. The first kappa shape index (κ1) is 17.6. The second kappa shape index (κ2) is 8.24. The molecule has 1 aromatic carbocycles. The van der Waals surface area contributed by atoms with Gasteiger partial charge in [0.25, 0.3) is 0 Å². The highest BCUT2D eigenvalue weighted by atomic mass is 19.1. The van der Waals surface area contributed by atoms with Crippen LogP contribution in [0, 0.1) is 12.7 Å². The van der Waals surface area contributed by atoms with E-state index in [1.54, 1.807) is 19.3 Å². The Morgan fingerprint density at radius 3 is 2.54 bits per heavy atom. The fraction of sp³-hybridized carbons (Fsp3) is 0.211. The average molecular weight is 352 g/mol. The van der Waals surface area contributed by atoms with Gasteiger partial charge in [-0.1, -0.05) is 18.2 Å². The third-order valence-corrected chi connectivity index (χ3v) is 3.91. The molecule has 0 saturated carbocycles. The van der Waals surface area contributed by atoms with Crippen LogP contribution in [0.25, 0.3) is 5.82 Å². The topological polar surface area (TPSA) is 67.1 Å². The van der Waals surface area contributed by atoms with Gasteiger partial charge in [-0.3, -0.25) is 9.56 Å². The van der Waals surface area contributed by atoms with Crippen LogP contribution in [0.3, 0.4) is 0 Å². The van der Waals surface area contributed by atoms with Crippen LogP contribution in [-0.4, -0.2) is 27.5 Å². The van der Waals surface area contributed by atoms with Crippen molar-refractivity contribution < 1.29 is 4.39 Å². The van der Waals surface area contributed by atoms with Gasteiger partial charge in [0.2, 0.25) is 0 Å². The van der Waals surface area contributed by atoms with Gasteiger partial charge in [0, 0.05) is 38.7 Å². The summed E-state index contributed by atoms with van der Waals surface area (Å²) in [7, 11) is 1.70. The third-order valence-electron chi connectivity index (χ3n) is 3.91. The van der Waals surface area contributed by atoms with E-state index in [9.17, 15) is 4.39 Å². The Morgan fingerprint density at radius 2 is 1.92 bits per heavy atom. The summed E-state index contributed by atoms with van der Waals surface area (Å²) >= 11 is 0. The summed E-state index contributed by atoms with van der Waals surface area (Å²) in [6.45, 7) is 3.01. The van der Waals surface area contributed by atoms with Gasteiger partial charge in [-0.25, -0.2) is 14.4 Å². The second-order valence-electron chi connectivity index (χ2n) is 5.78. The minimum atomic E-state index is -0.244. The summed E-state index contributed by atoms with van der Waals surface area (Å²) in [6, 6.07) is 10.4. The van der Waals surface area contributed by atoms with E-state index < -0.39 is 0 Å². The van der Waals surface area contributed by atoms with Crippen LogP contribution in [0.4, 0.5) is 4.39 Å². The maximum atomic E-state index is 13.2.